The van der Waals surface area contributed by atoms with Crippen molar-refractivity contribution in [2.45, 2.75) is 46.3 Å². The molecule has 0 fully saturated rings. The monoisotopic (exact) mass is 1290 g/mol. The number of imidazole rings is 1. The Hall–Kier alpha value is -7.94. The number of thioether (sulfide) groups is 1. The number of nitrogens with one attached hydrogen (secondary N) is 1. The van der Waals surface area contributed by atoms with Crippen LogP contribution >= 0.6 is 23.1 Å². The molecule has 0 aliphatic rings. The van der Waals surface area contributed by atoms with Gasteiger partial charge >= 0.3 is 0 Å². The van der Waals surface area contributed by atoms with Gasteiger partial charge in [-0.3, -0.25) is 32.0 Å². The summed E-state index contributed by atoms with van der Waals surface area (Å²) in [5, 5.41) is 48.7. The summed E-state index contributed by atoms with van der Waals surface area (Å²) in [6.45, 7) is 2.31. The highest BCUT2D eigenvalue weighted by molar-refractivity contribution is 7.99. The lowest BCUT2D eigenvalue weighted by Crippen LogP contribution is -2.11. The third kappa shape index (κ3) is 13.7. The fourth-order valence-electron chi connectivity index (χ4n) is 8.17. The van der Waals surface area contributed by atoms with Crippen LogP contribution in [0.3, 0.4) is 0 Å². The molecule has 31 nitrogen and oxygen atoms in total. The van der Waals surface area contributed by atoms with E-state index in [4.69, 9.17) is 14.2 Å². The second kappa shape index (κ2) is 24.0. The molecule has 0 aliphatic heterocycles. The highest BCUT2D eigenvalue weighted by atomic mass is 32.2. The summed E-state index contributed by atoms with van der Waals surface area (Å²) in [6.07, 6.45) is -0.350. The summed E-state index contributed by atoms with van der Waals surface area (Å²) in [4.78, 5) is 17.7. The summed E-state index contributed by atoms with van der Waals surface area (Å²) >= 11 is 1.46. The van der Waals surface area contributed by atoms with E-state index in [0.29, 0.717) is 34.5 Å². The highest BCUT2D eigenvalue weighted by Gasteiger charge is 2.33. The number of thiazole rings is 1. The maximum atomic E-state index is 12.8. The van der Waals surface area contributed by atoms with Gasteiger partial charge in [0.15, 0.2) is 16.2 Å². The van der Waals surface area contributed by atoms with E-state index >= 15 is 0 Å². The largest absolute Gasteiger partial charge is 0.495 e. The predicted octanol–water partition coefficient (Wildman–Crippen LogP) is 9.12. The van der Waals surface area contributed by atoms with Gasteiger partial charge in [0.05, 0.1) is 53.8 Å². The highest BCUT2D eigenvalue weighted by Crippen LogP contribution is 2.48. The van der Waals surface area contributed by atoms with Gasteiger partial charge < -0.3 is 24.6 Å². The number of rotatable bonds is 22. The molecule has 0 spiro atoms. The van der Waals surface area contributed by atoms with Crippen molar-refractivity contribution in [1.29, 1.82) is 5.26 Å². The molecule has 7 N–H and O–H groups in total. The molecule has 0 aliphatic carbocycles. The first-order valence-electron chi connectivity index (χ1n) is 23.3. The second-order valence-electron chi connectivity index (χ2n) is 17.4. The number of benzene rings is 5. The van der Waals surface area contributed by atoms with Crippen molar-refractivity contribution < 1.29 is 89.0 Å². The Bertz CT molecular complexity index is 4800. The number of carbonyl (C=O) groups is 1. The van der Waals surface area contributed by atoms with Crippen molar-refractivity contribution in [3.8, 4) is 29.2 Å². The van der Waals surface area contributed by atoms with Gasteiger partial charge in [-0.15, -0.1) is 42.4 Å². The van der Waals surface area contributed by atoms with Crippen LogP contribution in [0.15, 0.2) is 111 Å². The summed E-state index contributed by atoms with van der Waals surface area (Å²) in [6, 6.07) is 15.2. The van der Waals surface area contributed by atoms with Crippen molar-refractivity contribution in [1.82, 2.24) is 14.4 Å². The van der Waals surface area contributed by atoms with Crippen molar-refractivity contribution in [3.05, 3.63) is 71.8 Å². The van der Waals surface area contributed by atoms with Crippen molar-refractivity contribution in [2.24, 2.45) is 30.7 Å². The van der Waals surface area contributed by atoms with Gasteiger partial charge in [-0.2, -0.15) is 47.4 Å². The third-order valence-electron chi connectivity index (χ3n) is 11.7. The number of aromatic hydroxyl groups is 1. The number of aromatic nitrogens is 3. The quantitative estimate of drug-likeness (QED) is 0.0144. The third-order valence-corrected chi connectivity index (χ3v) is 18.2. The Balaban J connectivity index is 1.25. The van der Waals surface area contributed by atoms with Gasteiger partial charge in [0.2, 0.25) is 16.9 Å². The molecule has 5 aromatic carbocycles. The Morgan fingerprint density at radius 2 is 1.36 bits per heavy atom. The average Bonchev–Trinajstić information content (AvgIpc) is 1.39. The van der Waals surface area contributed by atoms with Crippen LogP contribution in [0.4, 0.5) is 39.3 Å². The first kappa shape index (κ1) is 62.1. The molecule has 8 rings (SSSR count). The fraction of sp³-hybridized carbons (Fsp3) is 0.217. The van der Waals surface area contributed by atoms with Gasteiger partial charge in [-0.25, -0.2) is 9.97 Å². The molecule has 38 heteroatoms. The van der Waals surface area contributed by atoms with Crippen LogP contribution in [0.1, 0.15) is 30.9 Å². The van der Waals surface area contributed by atoms with E-state index in [-0.39, 0.29) is 103 Å². The predicted molar refractivity (Wildman–Crippen MR) is 301 cm³/mol. The molecule has 442 valence electrons. The number of anilines is 1. The lowest BCUT2D eigenvalue weighted by atomic mass is 10.1. The minimum atomic E-state index is -5.53. The number of nitrogens with zero attached hydrogens (tertiary/aromatic N) is 10. The average molecular weight is 1290 g/mol. The number of para-hydroxylation sites is 2. The van der Waals surface area contributed by atoms with Crippen LogP contribution in [0.25, 0.3) is 37.7 Å². The molecule has 0 atom stereocenters. The Kier molecular flexibility index (Phi) is 17.7. The van der Waals surface area contributed by atoms with E-state index < -0.39 is 110 Å². The number of hydrogen-bond donors (Lipinski definition) is 7. The van der Waals surface area contributed by atoms with E-state index in [0.717, 1.165) is 25.8 Å². The van der Waals surface area contributed by atoms with Crippen LogP contribution in [0, 0.1) is 18.3 Å². The standard InChI is InChI=1S/C46H41N11O20S7/c1-22-26(21-47)44-49-27-9-5-6-10-33(27)57(44)45(59)39(22)55-53-31-18-34(75-3)30(19-35(31)77-11-7-13-80(60,61)62)52-54-32-17-28(48-23(2)58)29(20-36(32)78-12-8-14-81(63,64)65)51-56-46-50-40-37(82(66,67)68)15-24-25(42(40)79-46)16-38(83(69,70)71)43(41(24)76-4)84(72,73)74/h5-6,9-10,15-20,59H,7-8,11-14H2,1-4H3,(H,48,58)(H,60,61,62)(H,63,64,65)(H,66,67,68)(H,69,70,71)(H,72,73,74). The minimum absolute atomic E-state index is 0.0183. The molecule has 0 unspecified atom stereocenters. The van der Waals surface area contributed by atoms with E-state index in [1.165, 1.54) is 42.7 Å². The number of fused-ring (bicyclic) bond motifs is 6. The van der Waals surface area contributed by atoms with Crippen molar-refractivity contribution >= 4 is 157 Å². The zero-order valence-electron chi connectivity index (χ0n) is 43.2. The number of ether oxygens (including phenoxy) is 3. The second-order valence-corrected chi connectivity index (χ2v) is 26.8. The van der Waals surface area contributed by atoms with Crippen LogP contribution in [-0.4, -0.2) is 128 Å². The summed E-state index contributed by atoms with van der Waals surface area (Å²) < 4.78 is 189. The SMILES string of the molecule is COc1cc(N=Nc2c(C)c(C#N)c3nc4ccccc4n3c2O)c(OCCCS(=O)(=O)O)cc1N=Nc1cc(NC(C)=O)c(N=Nc2nc3c(S(=O)(=O)O)cc4c(OC)c(S(=O)(=O)O)c(S(=O)(=O)O)cc4c3s2)cc1SCCCS(=O)(=O)O. The number of amides is 1. The zero-order chi connectivity index (χ0) is 61.4. The minimum Gasteiger partial charge on any atom is -0.495 e. The maximum Gasteiger partial charge on any atom is 0.299 e. The van der Waals surface area contributed by atoms with Crippen LogP contribution in [0.5, 0.6) is 23.1 Å². The van der Waals surface area contributed by atoms with E-state index in [1.807, 2.05) is 0 Å². The van der Waals surface area contributed by atoms with E-state index in [1.54, 1.807) is 24.3 Å². The van der Waals surface area contributed by atoms with Gasteiger partial charge in [0, 0.05) is 40.3 Å². The fourth-order valence-corrected chi connectivity index (χ4v) is 13.9. The van der Waals surface area contributed by atoms with Crippen LogP contribution in [-0.2, 0) is 55.4 Å². The topological polar surface area (TPSA) is 477 Å². The molecule has 3 heterocycles. The number of hydrogen-bond acceptors (Lipinski definition) is 26. The molecular weight excluding hydrogens is 1250 g/mol. The summed E-state index contributed by atoms with van der Waals surface area (Å²) in [7, 11) is -23.0. The molecule has 1 amide bonds. The van der Waals surface area contributed by atoms with Crippen molar-refractivity contribution in [3.63, 3.8) is 0 Å². The Morgan fingerprint density at radius 1 is 0.738 bits per heavy atom. The van der Waals surface area contributed by atoms with Crippen LogP contribution in [0.2, 0.25) is 0 Å². The maximum absolute atomic E-state index is 12.8. The molecule has 3 aromatic heterocycles. The molecule has 0 saturated carbocycles. The van der Waals surface area contributed by atoms with E-state index in [2.05, 4.69) is 52.0 Å². The summed E-state index contributed by atoms with van der Waals surface area (Å²) in [5.74, 6) is -3.60. The number of nitriles is 1. The Morgan fingerprint density at radius 3 is 1.99 bits per heavy atom. The molecule has 0 radical (unpaired) electrons. The van der Waals surface area contributed by atoms with Crippen molar-refractivity contribution in [2.75, 3.05) is 43.4 Å². The van der Waals surface area contributed by atoms with Gasteiger partial charge in [-0.1, -0.05) is 23.5 Å². The molecule has 84 heavy (non-hydrogen) atoms. The van der Waals surface area contributed by atoms with Gasteiger partial charge in [0.25, 0.3) is 50.6 Å². The zero-order valence-corrected chi connectivity index (χ0v) is 49.0. The molecule has 0 saturated heterocycles. The van der Waals surface area contributed by atoms with E-state index in [9.17, 15) is 80.0 Å². The Labute approximate surface area is 483 Å². The normalized spacial score (nSPS) is 12.9. The number of carbonyl (C=O) groups excluding carboxylic acids is 1. The first-order chi connectivity index (χ1) is 39.3. The molecule has 8 aromatic rings. The first-order valence-corrected chi connectivity index (χ1v) is 32.7. The number of methoxy groups -OCH3 is 2. The lowest BCUT2D eigenvalue weighted by molar-refractivity contribution is -0.114. The smallest absolute Gasteiger partial charge is 0.299 e. The number of pyridine rings is 1. The molecular formula is C46H41N11O20S7. The van der Waals surface area contributed by atoms with Gasteiger partial charge in [0.1, 0.15) is 66.9 Å². The van der Waals surface area contributed by atoms with Gasteiger partial charge in [-0.05, 0) is 61.9 Å². The molecule has 0 bridgehead atoms. The lowest BCUT2D eigenvalue weighted by Gasteiger charge is -2.14. The summed E-state index contributed by atoms with van der Waals surface area (Å²) in [5.41, 5.74) is 0.118. The van der Waals surface area contributed by atoms with Crippen LogP contribution < -0.4 is 19.5 Å². The number of azo groups is 3.